The van der Waals surface area contributed by atoms with E-state index in [2.05, 4.69) is 10.3 Å². The van der Waals surface area contributed by atoms with Gasteiger partial charge in [0.05, 0.1) is 23.5 Å². The van der Waals surface area contributed by atoms with Gasteiger partial charge in [-0.2, -0.15) is 13.2 Å². The molecule has 1 atom stereocenters. The molecule has 2 heterocycles. The number of hydrogen-bond donors (Lipinski definition) is 1. The number of hydrogen-bond acceptors (Lipinski definition) is 5. The maximum atomic E-state index is 13.7. The monoisotopic (exact) mass is 421 g/mol. The Morgan fingerprint density at radius 1 is 1.21 bits per heavy atom. The van der Waals surface area contributed by atoms with Crippen LogP contribution in [-0.4, -0.2) is 34.8 Å². The fourth-order valence-corrected chi connectivity index (χ4v) is 3.80. The van der Waals surface area contributed by atoms with Crippen molar-refractivity contribution in [3.63, 3.8) is 0 Å². The van der Waals surface area contributed by atoms with Crippen LogP contribution in [0.3, 0.4) is 0 Å². The second-order valence-corrected chi connectivity index (χ2v) is 7.25. The lowest BCUT2D eigenvalue weighted by molar-refractivity contribution is -0.157. The molecule has 0 saturated heterocycles. The third kappa shape index (κ3) is 3.93. The number of nitrogens with one attached hydrogen (secondary N) is 1. The van der Waals surface area contributed by atoms with Crippen molar-refractivity contribution in [2.24, 2.45) is 0 Å². The van der Waals surface area contributed by atoms with Gasteiger partial charge < -0.3 is 9.73 Å². The quantitative estimate of drug-likeness (QED) is 0.641. The second kappa shape index (κ2) is 7.43. The molecule has 2 aromatic carbocycles. The summed E-state index contributed by atoms with van der Waals surface area (Å²) in [5.41, 5.74) is 1.27. The van der Waals surface area contributed by atoms with Crippen LogP contribution in [0.4, 0.5) is 24.5 Å². The van der Waals surface area contributed by atoms with E-state index in [-0.39, 0.29) is 22.4 Å². The van der Waals surface area contributed by atoms with Crippen LogP contribution in [0.2, 0.25) is 0 Å². The Morgan fingerprint density at radius 3 is 2.69 bits per heavy atom. The summed E-state index contributed by atoms with van der Waals surface area (Å²) >= 11 is 0.901. The molecule has 0 saturated carbocycles. The van der Waals surface area contributed by atoms with Gasteiger partial charge in [0.1, 0.15) is 11.6 Å². The molecule has 4 rings (SSSR count). The molecule has 0 radical (unpaired) electrons. The number of amides is 2. The maximum Gasteiger partial charge on any atom is 0.409 e. The van der Waals surface area contributed by atoms with E-state index in [0.29, 0.717) is 16.0 Å². The number of rotatable bonds is 3. The number of aromatic nitrogens is 1. The van der Waals surface area contributed by atoms with Gasteiger partial charge in [0.15, 0.2) is 5.58 Å². The SMILES string of the molecule is O=C1C[C@H](C(F)(F)F)N(C(=O)CSc2nc3ccccc3o2)c2ccccc2N1. The maximum absolute atomic E-state index is 13.7. The van der Waals surface area contributed by atoms with E-state index in [1.165, 1.54) is 18.2 Å². The molecule has 1 aliphatic heterocycles. The average Bonchev–Trinajstić information content (AvgIpc) is 3.02. The zero-order valence-corrected chi connectivity index (χ0v) is 15.6. The summed E-state index contributed by atoms with van der Waals surface area (Å²) in [7, 11) is 0. The zero-order chi connectivity index (χ0) is 20.6. The number of para-hydroxylation sites is 4. The van der Waals surface area contributed by atoms with E-state index in [9.17, 15) is 22.8 Å². The fourth-order valence-electron chi connectivity index (χ4n) is 3.10. The Kier molecular flexibility index (Phi) is 4.95. The van der Waals surface area contributed by atoms with Crippen molar-refractivity contribution in [2.75, 3.05) is 16.0 Å². The van der Waals surface area contributed by atoms with Crippen LogP contribution in [0.25, 0.3) is 11.1 Å². The van der Waals surface area contributed by atoms with Gasteiger partial charge in [-0.05, 0) is 24.3 Å². The number of halogens is 3. The molecule has 1 aromatic heterocycles. The van der Waals surface area contributed by atoms with Crippen molar-refractivity contribution >= 4 is 46.1 Å². The Hall–Kier alpha value is -3.01. The molecule has 0 aliphatic carbocycles. The van der Waals surface area contributed by atoms with E-state index in [1.807, 2.05) is 0 Å². The number of carbonyl (C=O) groups is 2. The number of oxazole rings is 1. The third-order valence-corrected chi connectivity index (χ3v) is 5.18. The predicted molar refractivity (Wildman–Crippen MR) is 102 cm³/mol. The number of benzene rings is 2. The minimum absolute atomic E-state index is 0.00356. The topological polar surface area (TPSA) is 75.4 Å². The van der Waals surface area contributed by atoms with Crippen LogP contribution in [0.1, 0.15) is 6.42 Å². The number of anilines is 2. The molecule has 1 aliphatic rings. The molecule has 10 heteroatoms. The Labute approximate surface area is 167 Å². The van der Waals surface area contributed by atoms with Gasteiger partial charge >= 0.3 is 6.18 Å². The molecule has 6 nitrogen and oxygen atoms in total. The van der Waals surface area contributed by atoms with E-state index in [4.69, 9.17) is 4.42 Å². The lowest BCUT2D eigenvalue weighted by Crippen LogP contribution is -2.50. The third-order valence-electron chi connectivity index (χ3n) is 4.37. The molecule has 29 heavy (non-hydrogen) atoms. The van der Waals surface area contributed by atoms with Crippen molar-refractivity contribution in [2.45, 2.75) is 23.9 Å². The summed E-state index contributed by atoms with van der Waals surface area (Å²) in [6.07, 6.45) is -5.65. The molecule has 0 bridgehead atoms. The summed E-state index contributed by atoms with van der Waals surface area (Å²) in [6, 6.07) is 10.6. The van der Waals surface area contributed by atoms with Gasteiger partial charge in [-0.1, -0.05) is 36.0 Å². The van der Waals surface area contributed by atoms with Crippen molar-refractivity contribution in [1.29, 1.82) is 0 Å². The molecule has 2 amide bonds. The van der Waals surface area contributed by atoms with E-state index >= 15 is 0 Å². The molecule has 0 unspecified atom stereocenters. The molecule has 0 fully saturated rings. The highest BCUT2D eigenvalue weighted by Crippen LogP contribution is 2.38. The van der Waals surface area contributed by atoms with Gasteiger partial charge in [0, 0.05) is 0 Å². The summed E-state index contributed by atoms with van der Waals surface area (Å²) in [5.74, 6) is -1.94. The first-order valence-electron chi connectivity index (χ1n) is 8.59. The van der Waals surface area contributed by atoms with Crippen LogP contribution in [0, 0.1) is 0 Å². The summed E-state index contributed by atoms with van der Waals surface area (Å²) in [5, 5.41) is 2.61. The Bertz CT molecular complexity index is 1050. The molecular weight excluding hydrogens is 407 g/mol. The first kappa shape index (κ1) is 19.3. The first-order chi connectivity index (χ1) is 13.8. The normalized spacial score (nSPS) is 17.0. The van der Waals surface area contributed by atoms with Gasteiger partial charge in [-0.15, -0.1) is 0 Å². The second-order valence-electron chi connectivity index (χ2n) is 6.33. The number of thioether (sulfide) groups is 1. The van der Waals surface area contributed by atoms with Crippen molar-refractivity contribution in [1.82, 2.24) is 4.98 Å². The fraction of sp³-hybridized carbons (Fsp3) is 0.211. The Balaban J connectivity index is 1.63. The van der Waals surface area contributed by atoms with Crippen LogP contribution < -0.4 is 10.2 Å². The lowest BCUT2D eigenvalue weighted by Gasteiger charge is -2.31. The minimum atomic E-state index is -4.77. The van der Waals surface area contributed by atoms with Gasteiger partial charge in [-0.25, -0.2) is 4.98 Å². The molecule has 150 valence electrons. The van der Waals surface area contributed by atoms with Crippen LogP contribution in [0.5, 0.6) is 0 Å². The highest BCUT2D eigenvalue weighted by atomic mass is 32.2. The molecule has 1 N–H and O–H groups in total. The largest absolute Gasteiger partial charge is 0.431 e. The van der Waals surface area contributed by atoms with Crippen molar-refractivity contribution in [3.8, 4) is 0 Å². The molecule has 0 spiro atoms. The minimum Gasteiger partial charge on any atom is -0.431 e. The molecule has 3 aromatic rings. The summed E-state index contributed by atoms with van der Waals surface area (Å²) < 4.78 is 46.6. The number of nitrogens with zero attached hydrogens (tertiary/aromatic N) is 2. The van der Waals surface area contributed by atoms with Crippen molar-refractivity contribution < 1.29 is 27.2 Å². The molecular formula is C19H14F3N3O3S. The average molecular weight is 421 g/mol. The highest BCUT2D eigenvalue weighted by Gasteiger charge is 2.48. The van der Waals surface area contributed by atoms with E-state index in [1.54, 1.807) is 30.3 Å². The number of carbonyl (C=O) groups excluding carboxylic acids is 2. The van der Waals surface area contributed by atoms with Gasteiger partial charge in [0.25, 0.3) is 5.22 Å². The summed E-state index contributed by atoms with van der Waals surface area (Å²) in [6.45, 7) is 0. The predicted octanol–water partition coefficient (Wildman–Crippen LogP) is 4.23. The van der Waals surface area contributed by atoms with E-state index < -0.39 is 30.5 Å². The smallest absolute Gasteiger partial charge is 0.409 e. The number of alkyl halides is 3. The standard InChI is InChI=1S/C19H14F3N3O3S/c20-19(21,22)15-9-16(26)23-11-5-1-3-7-13(11)25(15)17(27)10-29-18-24-12-6-2-4-8-14(12)28-18/h1-8,15H,9-10H2,(H,23,26)/t15-/m1/s1. The lowest BCUT2D eigenvalue weighted by atomic mass is 10.1. The van der Waals surface area contributed by atoms with E-state index in [0.717, 1.165) is 11.8 Å². The first-order valence-corrected chi connectivity index (χ1v) is 9.57. The Morgan fingerprint density at radius 2 is 1.93 bits per heavy atom. The van der Waals surface area contributed by atoms with Crippen LogP contribution >= 0.6 is 11.8 Å². The highest BCUT2D eigenvalue weighted by molar-refractivity contribution is 7.99. The van der Waals surface area contributed by atoms with Crippen LogP contribution in [-0.2, 0) is 9.59 Å². The van der Waals surface area contributed by atoms with Gasteiger partial charge in [-0.3, -0.25) is 14.5 Å². The van der Waals surface area contributed by atoms with Gasteiger partial charge in [0.2, 0.25) is 11.8 Å². The number of fused-ring (bicyclic) bond motifs is 2. The van der Waals surface area contributed by atoms with Crippen LogP contribution in [0.15, 0.2) is 58.2 Å². The van der Waals surface area contributed by atoms with Crippen molar-refractivity contribution in [3.05, 3.63) is 48.5 Å². The summed E-state index contributed by atoms with van der Waals surface area (Å²) in [4.78, 5) is 29.7. The zero-order valence-electron chi connectivity index (χ0n) is 14.8.